The maximum Gasteiger partial charge on any atom is 0.203 e. The highest BCUT2D eigenvalue weighted by Gasteiger charge is 2.28. The number of ether oxygens (including phenoxy) is 3. The second-order valence-corrected chi connectivity index (χ2v) is 7.72. The van der Waals surface area contributed by atoms with E-state index in [2.05, 4.69) is 41.8 Å². The molecule has 1 unspecified atom stereocenters. The van der Waals surface area contributed by atoms with E-state index in [0.29, 0.717) is 22.8 Å². The molecule has 0 spiro atoms. The topological polar surface area (TPSA) is 51.2 Å². The molecule has 1 atom stereocenters. The second-order valence-electron chi connectivity index (χ2n) is 7.72. The molecule has 1 fully saturated rings. The van der Waals surface area contributed by atoms with E-state index in [1.807, 2.05) is 6.92 Å². The monoisotopic (exact) mass is 412 g/mol. The minimum Gasteiger partial charge on any atom is -0.493 e. The van der Waals surface area contributed by atoms with Crippen LogP contribution in [0, 0.1) is 13.8 Å². The van der Waals surface area contributed by atoms with Crippen LogP contribution in [-0.2, 0) is 0 Å². The molecule has 1 aliphatic heterocycles. The van der Waals surface area contributed by atoms with E-state index >= 15 is 0 Å². The Morgan fingerprint density at radius 3 is 1.90 bits per heavy atom. The van der Waals surface area contributed by atoms with Crippen molar-refractivity contribution in [1.82, 2.24) is 4.90 Å². The number of anilines is 1. The second kappa shape index (κ2) is 9.39. The van der Waals surface area contributed by atoms with Gasteiger partial charge in [-0.15, -0.1) is 0 Å². The quantitative estimate of drug-likeness (QED) is 0.646. The van der Waals surface area contributed by atoms with E-state index in [1.54, 1.807) is 33.5 Å². The van der Waals surface area contributed by atoms with Crippen molar-refractivity contribution in [2.75, 3.05) is 52.4 Å². The summed E-state index contributed by atoms with van der Waals surface area (Å²) in [4.78, 5) is 17.9. The number of benzene rings is 2. The number of Topliss-reactive ketones (excluding diaryl/α,β-unsaturated/α-hetero) is 1. The SMILES string of the molecule is COc1cc(C(=O)C(C)N2CCN(c3c(C)cccc3C)CC2)cc(OC)c1OC. The van der Waals surface area contributed by atoms with Gasteiger partial charge in [-0.3, -0.25) is 9.69 Å². The fourth-order valence-corrected chi connectivity index (χ4v) is 4.27. The standard InChI is InChI=1S/C24H32N2O4/c1-16-8-7-9-17(2)22(16)26-12-10-25(11-13-26)18(3)23(27)19-14-20(28-4)24(30-6)21(15-19)29-5/h7-9,14-15,18H,10-13H2,1-6H3. The molecule has 6 heteroatoms. The first-order valence-corrected chi connectivity index (χ1v) is 10.3. The van der Waals surface area contributed by atoms with Crippen LogP contribution in [0.3, 0.4) is 0 Å². The lowest BCUT2D eigenvalue weighted by Gasteiger charge is -2.39. The molecule has 2 aromatic carbocycles. The third-order valence-electron chi connectivity index (χ3n) is 5.95. The van der Waals surface area contributed by atoms with Crippen molar-refractivity contribution in [2.45, 2.75) is 26.8 Å². The molecule has 0 bridgehead atoms. The van der Waals surface area contributed by atoms with Crippen LogP contribution in [0.15, 0.2) is 30.3 Å². The maximum absolute atomic E-state index is 13.2. The largest absolute Gasteiger partial charge is 0.493 e. The zero-order valence-electron chi connectivity index (χ0n) is 18.8. The van der Waals surface area contributed by atoms with E-state index < -0.39 is 0 Å². The lowest BCUT2D eigenvalue weighted by Crippen LogP contribution is -2.52. The summed E-state index contributed by atoms with van der Waals surface area (Å²) in [5.41, 5.74) is 4.48. The number of hydrogen-bond acceptors (Lipinski definition) is 6. The summed E-state index contributed by atoms with van der Waals surface area (Å²) < 4.78 is 16.2. The number of aryl methyl sites for hydroxylation is 2. The Balaban J connectivity index is 1.74. The van der Waals surface area contributed by atoms with Crippen molar-refractivity contribution in [3.8, 4) is 17.2 Å². The lowest BCUT2D eigenvalue weighted by atomic mass is 10.0. The van der Waals surface area contributed by atoms with Crippen LogP contribution >= 0.6 is 0 Å². The van der Waals surface area contributed by atoms with Gasteiger partial charge in [0.1, 0.15) is 0 Å². The van der Waals surface area contributed by atoms with Crippen molar-refractivity contribution in [2.24, 2.45) is 0 Å². The van der Waals surface area contributed by atoms with Crippen LogP contribution in [0.4, 0.5) is 5.69 Å². The Morgan fingerprint density at radius 1 is 0.900 bits per heavy atom. The van der Waals surface area contributed by atoms with Crippen LogP contribution in [0.5, 0.6) is 17.2 Å². The molecule has 1 saturated heterocycles. The number of rotatable bonds is 7. The summed E-state index contributed by atoms with van der Waals surface area (Å²) >= 11 is 0. The number of piperazine rings is 1. The number of carbonyl (C=O) groups excluding carboxylic acids is 1. The van der Waals surface area contributed by atoms with Crippen molar-refractivity contribution in [3.05, 3.63) is 47.0 Å². The predicted molar refractivity (Wildman–Crippen MR) is 120 cm³/mol. The molecule has 2 aromatic rings. The Morgan fingerprint density at radius 2 is 1.43 bits per heavy atom. The van der Waals surface area contributed by atoms with Gasteiger partial charge in [0.25, 0.3) is 0 Å². The number of methoxy groups -OCH3 is 3. The van der Waals surface area contributed by atoms with Crippen LogP contribution < -0.4 is 19.1 Å². The molecule has 3 rings (SSSR count). The molecule has 0 aromatic heterocycles. The van der Waals surface area contributed by atoms with Gasteiger partial charge < -0.3 is 19.1 Å². The van der Waals surface area contributed by atoms with E-state index in [-0.39, 0.29) is 11.8 Å². The zero-order chi connectivity index (χ0) is 21.8. The zero-order valence-corrected chi connectivity index (χ0v) is 18.8. The highest BCUT2D eigenvalue weighted by molar-refractivity contribution is 6.01. The van der Waals surface area contributed by atoms with Crippen molar-refractivity contribution < 1.29 is 19.0 Å². The van der Waals surface area contributed by atoms with E-state index in [4.69, 9.17) is 14.2 Å². The van der Waals surface area contributed by atoms with Gasteiger partial charge in [-0.25, -0.2) is 0 Å². The van der Waals surface area contributed by atoms with Crippen LogP contribution in [0.1, 0.15) is 28.4 Å². The Hall–Kier alpha value is -2.73. The molecule has 30 heavy (non-hydrogen) atoms. The van der Waals surface area contributed by atoms with Gasteiger partial charge in [0, 0.05) is 37.4 Å². The van der Waals surface area contributed by atoms with Gasteiger partial charge in [0.15, 0.2) is 17.3 Å². The molecular weight excluding hydrogens is 380 g/mol. The molecular formula is C24H32N2O4. The van der Waals surface area contributed by atoms with Gasteiger partial charge in [-0.2, -0.15) is 0 Å². The lowest BCUT2D eigenvalue weighted by molar-refractivity contribution is 0.0829. The molecule has 0 radical (unpaired) electrons. The third kappa shape index (κ3) is 4.24. The predicted octanol–water partition coefficient (Wildman–Crippen LogP) is 3.72. The summed E-state index contributed by atoms with van der Waals surface area (Å²) in [7, 11) is 4.67. The smallest absolute Gasteiger partial charge is 0.203 e. The normalized spacial score (nSPS) is 15.6. The average Bonchev–Trinajstić information content (AvgIpc) is 2.77. The van der Waals surface area contributed by atoms with Crippen molar-refractivity contribution in [3.63, 3.8) is 0 Å². The number of ketones is 1. The van der Waals surface area contributed by atoms with Gasteiger partial charge in [0.2, 0.25) is 5.75 Å². The maximum atomic E-state index is 13.2. The molecule has 0 saturated carbocycles. The van der Waals surface area contributed by atoms with Crippen LogP contribution in [0.25, 0.3) is 0 Å². The minimum atomic E-state index is -0.229. The fraction of sp³-hybridized carbons (Fsp3) is 0.458. The summed E-state index contributed by atoms with van der Waals surface area (Å²) in [6, 6.07) is 9.65. The highest BCUT2D eigenvalue weighted by Crippen LogP contribution is 2.38. The van der Waals surface area contributed by atoms with Gasteiger partial charge in [-0.1, -0.05) is 18.2 Å². The third-order valence-corrected chi connectivity index (χ3v) is 5.95. The summed E-state index contributed by atoms with van der Waals surface area (Å²) in [5, 5.41) is 0. The summed E-state index contributed by atoms with van der Waals surface area (Å²) in [5.74, 6) is 1.53. The van der Waals surface area contributed by atoms with Gasteiger partial charge in [-0.05, 0) is 44.0 Å². The Bertz CT molecular complexity index is 859. The Labute approximate surface area is 179 Å². The first-order valence-electron chi connectivity index (χ1n) is 10.3. The summed E-state index contributed by atoms with van der Waals surface area (Å²) in [6.07, 6.45) is 0. The summed E-state index contributed by atoms with van der Waals surface area (Å²) in [6.45, 7) is 9.77. The van der Waals surface area contributed by atoms with Crippen molar-refractivity contribution >= 4 is 11.5 Å². The van der Waals surface area contributed by atoms with Gasteiger partial charge >= 0.3 is 0 Å². The van der Waals surface area contributed by atoms with Crippen LogP contribution in [0.2, 0.25) is 0 Å². The number of para-hydroxylation sites is 1. The molecule has 162 valence electrons. The number of nitrogens with zero attached hydrogens (tertiary/aromatic N) is 2. The van der Waals surface area contributed by atoms with Gasteiger partial charge in [0.05, 0.1) is 27.4 Å². The van der Waals surface area contributed by atoms with Crippen LogP contribution in [-0.4, -0.2) is 64.2 Å². The fourth-order valence-electron chi connectivity index (χ4n) is 4.27. The number of carbonyl (C=O) groups is 1. The first kappa shape index (κ1) is 22.0. The molecule has 1 aliphatic rings. The molecule has 1 heterocycles. The highest BCUT2D eigenvalue weighted by atomic mass is 16.5. The molecule has 0 aliphatic carbocycles. The molecule has 0 N–H and O–H groups in total. The number of hydrogen-bond donors (Lipinski definition) is 0. The Kier molecular flexibility index (Phi) is 6.87. The van der Waals surface area contributed by atoms with E-state index in [0.717, 1.165) is 26.2 Å². The van der Waals surface area contributed by atoms with E-state index in [9.17, 15) is 4.79 Å². The van der Waals surface area contributed by atoms with E-state index in [1.165, 1.54) is 16.8 Å². The molecule has 0 amide bonds. The average molecular weight is 413 g/mol. The molecule has 6 nitrogen and oxygen atoms in total. The first-order chi connectivity index (χ1) is 14.4. The van der Waals surface area contributed by atoms with Crippen molar-refractivity contribution in [1.29, 1.82) is 0 Å². The minimum absolute atomic E-state index is 0.0507.